The molecule has 0 amide bonds. The van der Waals surface area contributed by atoms with Crippen LogP contribution >= 0.6 is 0 Å². The number of likely N-dealkylation sites (N-methyl/N-ethyl adjacent to an activating group) is 1. The van der Waals surface area contributed by atoms with Gasteiger partial charge in [-0.2, -0.15) is 4.31 Å². The van der Waals surface area contributed by atoms with Gasteiger partial charge in [-0.1, -0.05) is 0 Å². The van der Waals surface area contributed by atoms with Gasteiger partial charge in [-0.3, -0.25) is 9.88 Å². The van der Waals surface area contributed by atoms with Crippen LogP contribution in [0, 0.1) is 5.92 Å². The summed E-state index contributed by atoms with van der Waals surface area (Å²) < 4.78 is 32.4. The topological polar surface area (TPSA) is 62.7 Å². The van der Waals surface area contributed by atoms with Crippen LogP contribution in [0.4, 0.5) is 0 Å². The van der Waals surface area contributed by atoms with Crippen molar-refractivity contribution >= 4 is 10.0 Å². The Balaban J connectivity index is 1.68. The zero-order valence-corrected chi connectivity index (χ0v) is 14.6. The molecule has 0 unspecified atom stereocenters. The average molecular weight is 339 g/mol. The molecule has 2 aliphatic rings. The molecule has 1 aromatic heterocycles. The fourth-order valence-corrected chi connectivity index (χ4v) is 5.20. The molecule has 0 aliphatic carbocycles. The monoisotopic (exact) mass is 339 g/mol. The van der Waals surface area contributed by atoms with E-state index < -0.39 is 10.0 Å². The summed E-state index contributed by atoms with van der Waals surface area (Å²) in [7, 11) is -1.32. The van der Waals surface area contributed by atoms with Crippen LogP contribution < -0.4 is 0 Å². The Bertz CT molecular complexity index is 627. The lowest BCUT2D eigenvalue weighted by Gasteiger charge is -2.57. The first kappa shape index (κ1) is 16.8. The number of piperidine rings is 1. The van der Waals surface area contributed by atoms with Gasteiger partial charge in [0.25, 0.3) is 0 Å². The van der Waals surface area contributed by atoms with Crippen LogP contribution in [0.5, 0.6) is 0 Å². The number of nitrogens with zero attached hydrogens (tertiary/aromatic N) is 3. The zero-order chi connectivity index (χ0) is 16.5. The number of hydrogen-bond acceptors (Lipinski definition) is 5. The van der Waals surface area contributed by atoms with Crippen LogP contribution in [-0.2, 0) is 14.8 Å². The summed E-state index contributed by atoms with van der Waals surface area (Å²) in [6.07, 6.45) is 5.13. The number of pyridine rings is 1. The van der Waals surface area contributed by atoms with Crippen molar-refractivity contribution in [2.75, 3.05) is 39.9 Å². The number of rotatable bonds is 5. The largest absolute Gasteiger partial charge is 0.381 e. The van der Waals surface area contributed by atoms with E-state index in [0.717, 1.165) is 32.6 Å². The van der Waals surface area contributed by atoms with E-state index in [0.29, 0.717) is 19.0 Å². The molecule has 128 valence electrons. The molecule has 1 atom stereocenters. The Morgan fingerprint density at radius 3 is 2.87 bits per heavy atom. The van der Waals surface area contributed by atoms with Crippen molar-refractivity contribution in [2.24, 2.45) is 5.92 Å². The van der Waals surface area contributed by atoms with Gasteiger partial charge in [-0.05, 0) is 51.4 Å². The molecule has 3 heterocycles. The lowest BCUT2D eigenvalue weighted by molar-refractivity contribution is -0.0576. The highest BCUT2D eigenvalue weighted by Crippen LogP contribution is 2.40. The van der Waals surface area contributed by atoms with E-state index in [9.17, 15) is 8.42 Å². The van der Waals surface area contributed by atoms with E-state index in [-0.39, 0.29) is 10.4 Å². The van der Waals surface area contributed by atoms with Crippen molar-refractivity contribution in [3.63, 3.8) is 0 Å². The maximum atomic E-state index is 12.6. The maximum absolute atomic E-state index is 12.6. The summed E-state index contributed by atoms with van der Waals surface area (Å²) in [5.74, 6) is 0.523. The third-order valence-electron chi connectivity index (χ3n) is 5.12. The molecular weight excluding hydrogens is 314 g/mol. The van der Waals surface area contributed by atoms with Crippen LogP contribution in [0.1, 0.15) is 19.8 Å². The second-order valence-corrected chi connectivity index (χ2v) is 8.56. The SMILES string of the molecule is CCOC[C@@H]1CCN(C)C2(C1)CN(S(=O)(=O)c1cccnc1)C2. The minimum absolute atomic E-state index is 0.0324. The molecule has 0 saturated carbocycles. The van der Waals surface area contributed by atoms with Gasteiger partial charge in [-0.25, -0.2) is 8.42 Å². The summed E-state index contributed by atoms with van der Waals surface area (Å²) >= 11 is 0. The second kappa shape index (κ2) is 6.47. The summed E-state index contributed by atoms with van der Waals surface area (Å²) in [5, 5.41) is 0. The molecule has 1 spiro atoms. The molecule has 3 rings (SSSR count). The third kappa shape index (κ3) is 3.15. The third-order valence-corrected chi connectivity index (χ3v) is 6.90. The van der Waals surface area contributed by atoms with E-state index >= 15 is 0 Å². The summed E-state index contributed by atoms with van der Waals surface area (Å²) in [6, 6.07) is 3.27. The van der Waals surface area contributed by atoms with Crippen molar-refractivity contribution in [3.05, 3.63) is 24.5 Å². The van der Waals surface area contributed by atoms with Gasteiger partial charge in [0.05, 0.1) is 0 Å². The van der Waals surface area contributed by atoms with Crippen molar-refractivity contribution in [1.82, 2.24) is 14.2 Å². The van der Waals surface area contributed by atoms with Crippen LogP contribution in [0.25, 0.3) is 0 Å². The van der Waals surface area contributed by atoms with Crippen LogP contribution in [0.2, 0.25) is 0 Å². The van der Waals surface area contributed by atoms with Crippen molar-refractivity contribution in [3.8, 4) is 0 Å². The van der Waals surface area contributed by atoms with Gasteiger partial charge in [0, 0.05) is 44.2 Å². The molecule has 23 heavy (non-hydrogen) atoms. The Labute approximate surface area is 138 Å². The van der Waals surface area contributed by atoms with E-state index in [1.807, 2.05) is 6.92 Å². The predicted octanol–water partition coefficient (Wildman–Crippen LogP) is 1.20. The fourth-order valence-electron chi connectivity index (χ4n) is 3.63. The number of ether oxygens (including phenoxy) is 1. The zero-order valence-electron chi connectivity index (χ0n) is 13.8. The summed E-state index contributed by atoms with van der Waals surface area (Å²) in [4.78, 5) is 6.52. The van der Waals surface area contributed by atoms with Crippen LogP contribution in [0.15, 0.2) is 29.4 Å². The highest BCUT2D eigenvalue weighted by molar-refractivity contribution is 7.89. The number of likely N-dealkylation sites (tertiary alicyclic amines) is 1. The Kier molecular flexibility index (Phi) is 4.73. The van der Waals surface area contributed by atoms with Crippen molar-refractivity contribution < 1.29 is 13.2 Å². The Morgan fingerprint density at radius 2 is 2.22 bits per heavy atom. The fraction of sp³-hybridized carbons (Fsp3) is 0.688. The molecule has 2 aliphatic heterocycles. The molecule has 0 radical (unpaired) electrons. The first-order valence-corrected chi connectivity index (χ1v) is 9.61. The molecular formula is C16H25N3O3S. The lowest BCUT2D eigenvalue weighted by atomic mass is 9.77. The van der Waals surface area contributed by atoms with Crippen molar-refractivity contribution in [2.45, 2.75) is 30.2 Å². The maximum Gasteiger partial charge on any atom is 0.244 e. The second-order valence-electron chi connectivity index (χ2n) is 6.63. The highest BCUT2D eigenvalue weighted by Gasteiger charge is 2.53. The molecule has 0 bridgehead atoms. The van der Waals surface area contributed by atoms with E-state index in [1.54, 1.807) is 22.6 Å². The van der Waals surface area contributed by atoms with Crippen LogP contribution in [-0.4, -0.2) is 68.0 Å². The first-order chi connectivity index (χ1) is 11.0. The highest BCUT2D eigenvalue weighted by atomic mass is 32.2. The molecule has 7 heteroatoms. The van der Waals surface area contributed by atoms with Crippen LogP contribution in [0.3, 0.4) is 0 Å². The summed E-state index contributed by atoms with van der Waals surface area (Å²) in [6.45, 7) is 5.64. The first-order valence-electron chi connectivity index (χ1n) is 8.17. The van der Waals surface area contributed by atoms with Gasteiger partial charge in [0.1, 0.15) is 4.90 Å². The van der Waals surface area contributed by atoms with Gasteiger partial charge < -0.3 is 4.74 Å². The summed E-state index contributed by atoms with van der Waals surface area (Å²) in [5.41, 5.74) is -0.0324. The van der Waals surface area contributed by atoms with Gasteiger partial charge in [0.2, 0.25) is 10.0 Å². The standard InChI is InChI=1S/C16H25N3O3S/c1-3-22-11-14-6-8-18(2)16(9-14)12-19(13-16)23(20,21)15-5-4-7-17-10-15/h4-5,7,10,14H,3,6,8-9,11-13H2,1-2H3/t14-/m1/s1. The lowest BCUT2D eigenvalue weighted by Crippen LogP contribution is -2.72. The van der Waals surface area contributed by atoms with Gasteiger partial charge in [0.15, 0.2) is 0 Å². The molecule has 0 N–H and O–H groups in total. The molecule has 6 nitrogen and oxygen atoms in total. The number of hydrogen-bond donors (Lipinski definition) is 0. The predicted molar refractivity (Wildman–Crippen MR) is 87.6 cm³/mol. The van der Waals surface area contributed by atoms with E-state index in [1.165, 1.54) is 6.20 Å². The number of aromatic nitrogens is 1. The minimum atomic E-state index is -3.42. The van der Waals surface area contributed by atoms with Crippen molar-refractivity contribution in [1.29, 1.82) is 0 Å². The van der Waals surface area contributed by atoms with E-state index in [2.05, 4.69) is 16.9 Å². The number of sulfonamides is 1. The molecule has 1 aromatic rings. The smallest absolute Gasteiger partial charge is 0.244 e. The normalized spacial score (nSPS) is 25.4. The quantitative estimate of drug-likeness (QED) is 0.807. The Morgan fingerprint density at radius 1 is 1.43 bits per heavy atom. The molecule has 2 fully saturated rings. The van der Waals surface area contributed by atoms with E-state index in [4.69, 9.17) is 4.74 Å². The average Bonchev–Trinajstić information content (AvgIpc) is 2.52. The van der Waals surface area contributed by atoms with Gasteiger partial charge in [-0.15, -0.1) is 0 Å². The Hall–Kier alpha value is -1.02. The molecule has 2 saturated heterocycles. The minimum Gasteiger partial charge on any atom is -0.381 e. The van der Waals surface area contributed by atoms with Gasteiger partial charge >= 0.3 is 0 Å². The molecule has 0 aromatic carbocycles.